The lowest BCUT2D eigenvalue weighted by Gasteiger charge is -2.19. The molecule has 0 bridgehead atoms. The van der Waals surface area contributed by atoms with E-state index >= 15 is 0 Å². The van der Waals surface area contributed by atoms with Gasteiger partial charge in [-0.15, -0.1) is 0 Å². The predicted molar refractivity (Wildman–Crippen MR) is 71.8 cm³/mol. The molecule has 0 amide bonds. The second-order valence-electron chi connectivity index (χ2n) is 4.09. The molecule has 2 N–H and O–H groups in total. The second kappa shape index (κ2) is 5.54. The molecule has 0 spiro atoms. The minimum absolute atomic E-state index is 0.173. The topological polar surface area (TPSA) is 42.9 Å². The number of hydrogen-bond acceptors (Lipinski definition) is 5. The van der Waals surface area contributed by atoms with Gasteiger partial charge in [0, 0.05) is 27.0 Å². The molecule has 1 unspecified atom stereocenters. The smallest absolute Gasteiger partial charge is 0.120 e. The second-order valence-corrected chi connectivity index (χ2v) is 4.09. The van der Waals surface area contributed by atoms with Crippen molar-refractivity contribution >= 4 is 6.72 Å². The molecule has 17 heavy (non-hydrogen) atoms. The van der Waals surface area contributed by atoms with Gasteiger partial charge in [0.2, 0.25) is 0 Å². The van der Waals surface area contributed by atoms with Gasteiger partial charge in [-0.1, -0.05) is 6.58 Å². The zero-order valence-corrected chi connectivity index (χ0v) is 11.0. The largest absolute Gasteiger partial charge is 0.348 e. The number of nitrogens with zero attached hydrogens (tertiary/aromatic N) is 3. The Labute approximate surface area is 103 Å². The lowest BCUT2D eigenvalue weighted by atomic mass is 10.0. The highest BCUT2D eigenvalue weighted by Gasteiger charge is 2.26. The van der Waals surface area contributed by atoms with Gasteiger partial charge in [0.05, 0.1) is 6.04 Å². The van der Waals surface area contributed by atoms with Gasteiger partial charge < -0.3 is 5.32 Å². The number of nitrogens with one attached hydrogen (secondary N) is 2. The summed E-state index contributed by atoms with van der Waals surface area (Å²) in [5.74, 6) is 1.03. The molecule has 0 radical (unpaired) electrons. The first-order valence-corrected chi connectivity index (χ1v) is 5.47. The van der Waals surface area contributed by atoms with Crippen LogP contribution in [-0.2, 0) is 0 Å². The normalized spacial score (nSPS) is 20.6. The third-order valence-electron chi connectivity index (χ3n) is 2.77. The van der Waals surface area contributed by atoms with Crippen molar-refractivity contribution in [2.24, 2.45) is 5.10 Å². The maximum Gasteiger partial charge on any atom is 0.120 e. The van der Waals surface area contributed by atoms with Gasteiger partial charge in [0.15, 0.2) is 0 Å². The van der Waals surface area contributed by atoms with Crippen molar-refractivity contribution in [3.05, 3.63) is 35.9 Å². The molecule has 0 aromatic rings. The van der Waals surface area contributed by atoms with Crippen LogP contribution in [0.5, 0.6) is 0 Å². The van der Waals surface area contributed by atoms with E-state index in [4.69, 9.17) is 0 Å². The van der Waals surface area contributed by atoms with Crippen LogP contribution in [0.25, 0.3) is 0 Å². The Hall–Kier alpha value is -1.75. The van der Waals surface area contributed by atoms with Gasteiger partial charge in [-0.25, -0.2) is 5.43 Å². The molecule has 1 atom stereocenters. The summed E-state index contributed by atoms with van der Waals surface area (Å²) in [5, 5.41) is 10.6. The molecule has 1 aliphatic heterocycles. The molecule has 1 aliphatic rings. The lowest BCUT2D eigenvalue weighted by molar-refractivity contribution is 0.307. The molecule has 0 aromatic heterocycles. The fourth-order valence-electron chi connectivity index (χ4n) is 1.92. The molecule has 0 saturated carbocycles. The Morgan fingerprint density at radius 3 is 2.82 bits per heavy atom. The lowest BCUT2D eigenvalue weighted by Crippen LogP contribution is -2.37. The van der Waals surface area contributed by atoms with Gasteiger partial charge in [0.1, 0.15) is 5.82 Å². The van der Waals surface area contributed by atoms with Crippen molar-refractivity contribution in [2.75, 3.05) is 14.1 Å². The average Bonchev–Trinajstić information content (AvgIpc) is 2.57. The maximum atomic E-state index is 3.82. The number of hydrazine groups is 1. The molecule has 5 heteroatoms. The third-order valence-corrected chi connectivity index (χ3v) is 2.77. The zero-order valence-electron chi connectivity index (χ0n) is 11.0. The highest BCUT2D eigenvalue weighted by molar-refractivity contribution is 5.31. The summed E-state index contributed by atoms with van der Waals surface area (Å²) in [6.45, 7) is 11.3. The average molecular weight is 235 g/mol. The first-order valence-electron chi connectivity index (χ1n) is 5.47. The summed E-state index contributed by atoms with van der Waals surface area (Å²) in [6, 6.07) is 0.173. The van der Waals surface area contributed by atoms with Crippen LogP contribution in [0.1, 0.15) is 13.8 Å². The van der Waals surface area contributed by atoms with Crippen LogP contribution in [0, 0.1) is 0 Å². The van der Waals surface area contributed by atoms with E-state index in [0.29, 0.717) is 0 Å². The zero-order chi connectivity index (χ0) is 13.0. The van der Waals surface area contributed by atoms with Crippen LogP contribution in [0.4, 0.5) is 0 Å². The Kier molecular flexibility index (Phi) is 4.34. The fourth-order valence-corrected chi connectivity index (χ4v) is 1.92. The van der Waals surface area contributed by atoms with Crippen LogP contribution in [0.3, 0.4) is 0 Å². The maximum absolute atomic E-state index is 3.82. The SMILES string of the molecule is C=CNC1=C(C)C(/C(C)=C/N(C)N=C)NN1C. The highest BCUT2D eigenvalue weighted by Crippen LogP contribution is 2.22. The number of hydrazone groups is 1. The summed E-state index contributed by atoms with van der Waals surface area (Å²) in [4.78, 5) is 0. The van der Waals surface area contributed by atoms with Crippen molar-refractivity contribution < 1.29 is 0 Å². The van der Waals surface area contributed by atoms with E-state index in [1.807, 2.05) is 25.3 Å². The Bertz CT molecular complexity index is 369. The van der Waals surface area contributed by atoms with Gasteiger partial charge in [-0.3, -0.25) is 10.0 Å². The third kappa shape index (κ3) is 2.88. The first kappa shape index (κ1) is 13.3. The molecule has 0 aromatic carbocycles. The molecule has 0 fully saturated rings. The van der Waals surface area contributed by atoms with Crippen molar-refractivity contribution in [1.82, 2.24) is 20.8 Å². The van der Waals surface area contributed by atoms with E-state index in [1.54, 1.807) is 11.2 Å². The van der Waals surface area contributed by atoms with Crippen molar-refractivity contribution in [1.29, 1.82) is 0 Å². The van der Waals surface area contributed by atoms with Crippen LogP contribution in [-0.4, -0.2) is 36.9 Å². The summed E-state index contributed by atoms with van der Waals surface area (Å²) in [6.07, 6.45) is 3.63. The molecule has 94 valence electrons. The Morgan fingerprint density at radius 2 is 2.29 bits per heavy atom. The quantitative estimate of drug-likeness (QED) is 0.555. The molecular formula is C12H21N5. The van der Waals surface area contributed by atoms with Crippen molar-refractivity contribution in [3.63, 3.8) is 0 Å². The fraction of sp³-hybridized carbons (Fsp3) is 0.417. The van der Waals surface area contributed by atoms with E-state index < -0.39 is 0 Å². The number of rotatable bonds is 5. The van der Waals surface area contributed by atoms with Crippen LogP contribution < -0.4 is 10.7 Å². The monoisotopic (exact) mass is 235 g/mol. The van der Waals surface area contributed by atoms with E-state index in [2.05, 4.69) is 43.0 Å². The molecule has 0 aliphatic carbocycles. The van der Waals surface area contributed by atoms with Gasteiger partial charge in [0.25, 0.3) is 0 Å². The van der Waals surface area contributed by atoms with Crippen molar-refractivity contribution in [3.8, 4) is 0 Å². The summed E-state index contributed by atoms with van der Waals surface area (Å²) in [7, 11) is 3.83. The molecule has 0 saturated heterocycles. The van der Waals surface area contributed by atoms with Crippen LogP contribution >= 0.6 is 0 Å². The standard InChI is InChI=1S/C12H21N5/c1-7-14-12-10(3)11(15-17(12)6)9(2)8-16(5)13-4/h7-8,11,14-15H,1,4H2,2-3,5-6H3/b9-8+. The van der Waals surface area contributed by atoms with Gasteiger partial charge >= 0.3 is 0 Å². The molecule has 1 heterocycles. The Morgan fingerprint density at radius 1 is 1.65 bits per heavy atom. The van der Waals surface area contributed by atoms with E-state index in [0.717, 1.165) is 5.82 Å². The number of hydrogen-bond donors (Lipinski definition) is 2. The first-order chi connectivity index (χ1) is 8.01. The van der Waals surface area contributed by atoms with Gasteiger partial charge in [-0.2, -0.15) is 5.10 Å². The predicted octanol–water partition coefficient (Wildman–Crippen LogP) is 1.22. The van der Waals surface area contributed by atoms with E-state index in [1.165, 1.54) is 11.1 Å². The van der Waals surface area contributed by atoms with Gasteiger partial charge in [-0.05, 0) is 31.2 Å². The molecule has 1 rings (SSSR count). The molecule has 5 nitrogen and oxygen atoms in total. The van der Waals surface area contributed by atoms with E-state index in [-0.39, 0.29) is 6.04 Å². The Balaban J connectivity index is 2.91. The summed E-state index contributed by atoms with van der Waals surface area (Å²) in [5.41, 5.74) is 5.75. The van der Waals surface area contributed by atoms with E-state index in [9.17, 15) is 0 Å². The summed E-state index contributed by atoms with van der Waals surface area (Å²) < 4.78 is 0. The van der Waals surface area contributed by atoms with Crippen LogP contribution in [0.15, 0.2) is 41.0 Å². The highest BCUT2D eigenvalue weighted by atomic mass is 15.6. The van der Waals surface area contributed by atoms with Crippen molar-refractivity contribution in [2.45, 2.75) is 19.9 Å². The minimum Gasteiger partial charge on any atom is -0.348 e. The minimum atomic E-state index is 0.173. The van der Waals surface area contributed by atoms with Crippen LogP contribution in [0.2, 0.25) is 0 Å². The molecular weight excluding hydrogens is 214 g/mol. The summed E-state index contributed by atoms with van der Waals surface area (Å²) >= 11 is 0.